The molecule has 0 aliphatic rings. The molecule has 0 bridgehead atoms. The number of nitrogens with one attached hydrogen (secondary N) is 1. The Balaban J connectivity index is 2.24. The molecule has 1 N–H and O–H groups in total. The number of nitrogens with zero attached hydrogens (tertiary/aromatic N) is 1. The first-order valence-corrected chi connectivity index (χ1v) is 11.3. The van der Waals surface area contributed by atoms with E-state index in [1.165, 1.54) is 0 Å². The fraction of sp³-hybridized carbons (Fsp3) is 0.481. The SMILES string of the molecule is COc1ccc(CN(C(=O)COc2ccccc2C(C)(C)C)C(C)C(=O)NC(C)(C)C)cc1. The Morgan fingerprint density at radius 2 is 1.58 bits per heavy atom. The quantitative estimate of drug-likeness (QED) is 0.628. The number of amides is 2. The summed E-state index contributed by atoms with van der Waals surface area (Å²) in [4.78, 5) is 27.8. The zero-order valence-electron chi connectivity index (χ0n) is 21.2. The summed E-state index contributed by atoms with van der Waals surface area (Å²) in [5.41, 5.74) is 1.40. The van der Waals surface area contributed by atoms with Crippen molar-refractivity contribution < 1.29 is 19.1 Å². The Morgan fingerprint density at radius 3 is 2.12 bits per heavy atom. The highest BCUT2D eigenvalue weighted by atomic mass is 16.5. The molecule has 6 heteroatoms. The van der Waals surface area contributed by atoms with Gasteiger partial charge in [-0.15, -0.1) is 0 Å². The summed E-state index contributed by atoms with van der Waals surface area (Å²) >= 11 is 0. The monoisotopic (exact) mass is 454 g/mol. The van der Waals surface area contributed by atoms with Crippen LogP contribution in [0.2, 0.25) is 0 Å². The van der Waals surface area contributed by atoms with Crippen LogP contribution >= 0.6 is 0 Å². The lowest BCUT2D eigenvalue weighted by atomic mass is 9.86. The van der Waals surface area contributed by atoms with Gasteiger partial charge in [-0.1, -0.05) is 51.1 Å². The minimum absolute atomic E-state index is 0.123. The van der Waals surface area contributed by atoms with Crippen LogP contribution in [-0.2, 0) is 21.5 Å². The lowest BCUT2D eigenvalue weighted by Crippen LogP contribution is -2.53. The molecule has 0 heterocycles. The van der Waals surface area contributed by atoms with Crippen LogP contribution in [0.15, 0.2) is 48.5 Å². The summed E-state index contributed by atoms with van der Waals surface area (Å²) in [6.07, 6.45) is 0. The molecule has 6 nitrogen and oxygen atoms in total. The number of carbonyl (C=O) groups is 2. The van der Waals surface area contributed by atoms with Gasteiger partial charge in [0.1, 0.15) is 17.5 Å². The first kappa shape index (κ1) is 26.2. The fourth-order valence-corrected chi connectivity index (χ4v) is 3.42. The molecule has 180 valence electrons. The summed E-state index contributed by atoms with van der Waals surface area (Å²) in [6.45, 7) is 13.9. The van der Waals surface area contributed by atoms with Gasteiger partial charge >= 0.3 is 0 Å². The third kappa shape index (κ3) is 7.81. The number of hydrogen-bond donors (Lipinski definition) is 1. The molecule has 1 atom stereocenters. The standard InChI is InChI=1S/C27H38N2O4/c1-19(25(31)28-27(5,6)7)29(17-20-13-15-21(32-8)16-14-20)24(30)18-33-23-12-10-9-11-22(23)26(2,3)4/h9-16,19H,17-18H2,1-8H3,(H,28,31). The van der Waals surface area contributed by atoms with E-state index in [1.807, 2.05) is 69.3 Å². The van der Waals surface area contributed by atoms with Crippen molar-refractivity contribution in [1.82, 2.24) is 10.2 Å². The Bertz CT molecular complexity index is 940. The smallest absolute Gasteiger partial charge is 0.261 e. The normalized spacial score (nSPS) is 12.6. The lowest BCUT2D eigenvalue weighted by Gasteiger charge is -2.31. The van der Waals surface area contributed by atoms with Gasteiger partial charge in [0.15, 0.2) is 6.61 Å². The number of methoxy groups -OCH3 is 1. The van der Waals surface area contributed by atoms with Crippen LogP contribution in [0.3, 0.4) is 0 Å². The maximum Gasteiger partial charge on any atom is 0.261 e. The minimum Gasteiger partial charge on any atom is -0.497 e. The van der Waals surface area contributed by atoms with Crippen LogP contribution in [0.1, 0.15) is 59.6 Å². The van der Waals surface area contributed by atoms with E-state index in [1.54, 1.807) is 18.9 Å². The minimum atomic E-state index is -0.666. The number of para-hydroxylation sites is 1. The van der Waals surface area contributed by atoms with E-state index in [2.05, 4.69) is 26.1 Å². The summed E-state index contributed by atoms with van der Waals surface area (Å²) in [6, 6.07) is 14.5. The summed E-state index contributed by atoms with van der Waals surface area (Å²) in [7, 11) is 1.61. The van der Waals surface area contributed by atoms with Crippen molar-refractivity contribution in [1.29, 1.82) is 0 Å². The van der Waals surface area contributed by atoms with E-state index in [-0.39, 0.29) is 30.4 Å². The van der Waals surface area contributed by atoms with Crippen LogP contribution in [0, 0.1) is 0 Å². The Labute approximate surface area is 198 Å². The van der Waals surface area contributed by atoms with E-state index in [0.717, 1.165) is 16.9 Å². The molecule has 0 aromatic heterocycles. The molecule has 33 heavy (non-hydrogen) atoms. The molecule has 1 unspecified atom stereocenters. The molecule has 0 saturated carbocycles. The predicted octanol–water partition coefficient (Wildman–Crippen LogP) is 4.70. The molecule has 0 aliphatic carbocycles. The van der Waals surface area contributed by atoms with Crippen molar-refractivity contribution in [3.63, 3.8) is 0 Å². The third-order valence-electron chi connectivity index (χ3n) is 5.22. The number of rotatable bonds is 8. The van der Waals surface area contributed by atoms with Crippen molar-refractivity contribution in [3.8, 4) is 11.5 Å². The summed E-state index contributed by atoms with van der Waals surface area (Å²) in [5.74, 6) is 0.942. The Hall–Kier alpha value is -3.02. The summed E-state index contributed by atoms with van der Waals surface area (Å²) in [5, 5.41) is 2.97. The van der Waals surface area contributed by atoms with Gasteiger partial charge in [-0.05, 0) is 62.4 Å². The molecule has 0 spiro atoms. The molecular formula is C27H38N2O4. The number of benzene rings is 2. The van der Waals surface area contributed by atoms with E-state index in [9.17, 15) is 9.59 Å². The van der Waals surface area contributed by atoms with Gasteiger partial charge < -0.3 is 19.7 Å². The third-order valence-corrected chi connectivity index (χ3v) is 5.22. The highest BCUT2D eigenvalue weighted by Crippen LogP contribution is 2.31. The van der Waals surface area contributed by atoms with Crippen LogP contribution in [0.4, 0.5) is 0 Å². The topological polar surface area (TPSA) is 67.9 Å². The van der Waals surface area contributed by atoms with Crippen LogP contribution in [-0.4, -0.2) is 42.0 Å². The van der Waals surface area contributed by atoms with Gasteiger partial charge in [0.2, 0.25) is 5.91 Å². The van der Waals surface area contributed by atoms with E-state index in [0.29, 0.717) is 5.75 Å². The fourth-order valence-electron chi connectivity index (χ4n) is 3.42. The second-order valence-electron chi connectivity index (χ2n) is 10.3. The van der Waals surface area contributed by atoms with Crippen LogP contribution < -0.4 is 14.8 Å². The maximum atomic E-state index is 13.3. The number of ether oxygens (including phenoxy) is 2. The van der Waals surface area contributed by atoms with Crippen LogP contribution in [0.25, 0.3) is 0 Å². The van der Waals surface area contributed by atoms with Crippen molar-refractivity contribution in [3.05, 3.63) is 59.7 Å². The first-order chi connectivity index (χ1) is 15.3. The van der Waals surface area contributed by atoms with Crippen LogP contribution in [0.5, 0.6) is 11.5 Å². The van der Waals surface area contributed by atoms with Gasteiger partial charge in [0.25, 0.3) is 5.91 Å². The number of hydrogen-bond acceptors (Lipinski definition) is 4. The molecule has 2 aromatic carbocycles. The molecule has 2 rings (SSSR count). The molecule has 0 aliphatic heterocycles. The van der Waals surface area contributed by atoms with Crippen molar-refractivity contribution >= 4 is 11.8 Å². The van der Waals surface area contributed by atoms with E-state index >= 15 is 0 Å². The Morgan fingerprint density at radius 1 is 0.970 bits per heavy atom. The molecular weight excluding hydrogens is 416 g/mol. The molecule has 0 radical (unpaired) electrons. The highest BCUT2D eigenvalue weighted by molar-refractivity contribution is 5.88. The van der Waals surface area contributed by atoms with Gasteiger partial charge in [-0.2, -0.15) is 0 Å². The predicted molar refractivity (Wildman–Crippen MR) is 132 cm³/mol. The largest absolute Gasteiger partial charge is 0.497 e. The molecule has 2 aromatic rings. The Kier molecular flexibility index (Phi) is 8.53. The van der Waals surface area contributed by atoms with Gasteiger partial charge in [-0.25, -0.2) is 0 Å². The second kappa shape index (κ2) is 10.7. The van der Waals surface area contributed by atoms with E-state index in [4.69, 9.17) is 9.47 Å². The van der Waals surface area contributed by atoms with Crippen molar-refractivity contribution in [2.75, 3.05) is 13.7 Å². The second-order valence-corrected chi connectivity index (χ2v) is 10.3. The molecule has 0 fully saturated rings. The van der Waals surface area contributed by atoms with E-state index < -0.39 is 11.6 Å². The van der Waals surface area contributed by atoms with Gasteiger partial charge in [0, 0.05) is 12.1 Å². The zero-order valence-corrected chi connectivity index (χ0v) is 21.2. The van der Waals surface area contributed by atoms with Gasteiger partial charge in [-0.3, -0.25) is 9.59 Å². The molecule has 2 amide bonds. The lowest BCUT2D eigenvalue weighted by molar-refractivity contribution is -0.142. The number of carbonyl (C=O) groups excluding carboxylic acids is 2. The zero-order chi connectivity index (χ0) is 24.8. The van der Waals surface area contributed by atoms with Crippen molar-refractivity contribution in [2.24, 2.45) is 0 Å². The van der Waals surface area contributed by atoms with Crippen molar-refractivity contribution in [2.45, 2.75) is 72.0 Å². The maximum absolute atomic E-state index is 13.3. The van der Waals surface area contributed by atoms with Gasteiger partial charge in [0.05, 0.1) is 7.11 Å². The highest BCUT2D eigenvalue weighted by Gasteiger charge is 2.29. The molecule has 0 saturated heterocycles. The summed E-state index contributed by atoms with van der Waals surface area (Å²) < 4.78 is 11.2. The average Bonchev–Trinajstić information content (AvgIpc) is 2.74. The average molecular weight is 455 g/mol. The first-order valence-electron chi connectivity index (χ1n) is 11.3.